The number of nitrogen functional groups attached to an aromatic ring is 1. The first-order valence-electron chi connectivity index (χ1n) is 6.55. The van der Waals surface area contributed by atoms with Gasteiger partial charge < -0.3 is 16.2 Å². The first-order valence-corrected chi connectivity index (χ1v) is 6.55. The number of anilines is 2. The quantitative estimate of drug-likeness (QED) is 0.712. The Labute approximate surface area is 113 Å². The molecule has 0 bridgehead atoms. The van der Waals surface area contributed by atoms with E-state index in [9.17, 15) is 9.90 Å². The number of carbonyl (C=O) groups excluding carboxylic acids is 1. The van der Waals surface area contributed by atoms with Crippen LogP contribution in [0.4, 0.5) is 11.4 Å². The molecule has 1 aromatic rings. The standard InChI is InChI=1S/C14H21N3O2/c1-14(19)6-3-7-17(10-14)9-13(18)16-12-5-2-4-11(15)8-12/h2,4-5,8,19H,3,6-7,9-10,15H2,1H3,(H,16,18). The van der Waals surface area contributed by atoms with E-state index in [1.54, 1.807) is 24.3 Å². The Bertz CT molecular complexity index is 460. The fraction of sp³-hybridized carbons (Fsp3) is 0.500. The van der Waals surface area contributed by atoms with Crippen LogP contribution in [0, 0.1) is 0 Å². The van der Waals surface area contributed by atoms with Crippen molar-refractivity contribution in [3.63, 3.8) is 0 Å². The second kappa shape index (κ2) is 5.59. The van der Waals surface area contributed by atoms with Crippen molar-refractivity contribution in [2.24, 2.45) is 0 Å². The number of nitrogens with zero attached hydrogens (tertiary/aromatic N) is 1. The van der Waals surface area contributed by atoms with Gasteiger partial charge in [-0.3, -0.25) is 9.69 Å². The van der Waals surface area contributed by atoms with E-state index in [4.69, 9.17) is 5.73 Å². The molecule has 1 saturated heterocycles. The maximum atomic E-state index is 11.9. The van der Waals surface area contributed by atoms with Gasteiger partial charge in [0.15, 0.2) is 0 Å². The third-order valence-corrected chi connectivity index (χ3v) is 3.29. The van der Waals surface area contributed by atoms with E-state index in [-0.39, 0.29) is 5.91 Å². The summed E-state index contributed by atoms with van der Waals surface area (Å²) in [5.74, 6) is -0.0803. The van der Waals surface area contributed by atoms with Crippen molar-refractivity contribution in [1.29, 1.82) is 0 Å². The second-order valence-electron chi connectivity index (χ2n) is 5.48. The number of nitrogens with two attached hydrogens (primary N) is 1. The highest BCUT2D eigenvalue weighted by molar-refractivity contribution is 5.92. The molecule has 1 aromatic carbocycles. The Morgan fingerprint density at radius 3 is 3.05 bits per heavy atom. The summed E-state index contributed by atoms with van der Waals surface area (Å²) in [6.07, 6.45) is 1.71. The van der Waals surface area contributed by atoms with Crippen molar-refractivity contribution in [3.05, 3.63) is 24.3 Å². The Hall–Kier alpha value is -1.59. The van der Waals surface area contributed by atoms with Gasteiger partial charge in [-0.2, -0.15) is 0 Å². The smallest absolute Gasteiger partial charge is 0.238 e. The summed E-state index contributed by atoms with van der Waals surface area (Å²) >= 11 is 0. The number of rotatable bonds is 3. The fourth-order valence-electron chi connectivity index (χ4n) is 2.48. The van der Waals surface area contributed by atoms with E-state index in [1.165, 1.54) is 0 Å². The summed E-state index contributed by atoms with van der Waals surface area (Å²) in [5.41, 5.74) is 6.30. The summed E-state index contributed by atoms with van der Waals surface area (Å²) in [6.45, 7) is 3.50. The zero-order chi connectivity index (χ0) is 13.9. The minimum atomic E-state index is -0.685. The molecule has 104 valence electrons. The van der Waals surface area contributed by atoms with Crippen molar-refractivity contribution in [2.45, 2.75) is 25.4 Å². The molecule has 2 rings (SSSR count). The Balaban J connectivity index is 1.87. The van der Waals surface area contributed by atoms with Crippen LogP contribution in [0.1, 0.15) is 19.8 Å². The van der Waals surface area contributed by atoms with Gasteiger partial charge in [0.2, 0.25) is 5.91 Å². The molecule has 1 fully saturated rings. The second-order valence-corrected chi connectivity index (χ2v) is 5.48. The number of hydrogen-bond acceptors (Lipinski definition) is 4. The third-order valence-electron chi connectivity index (χ3n) is 3.29. The van der Waals surface area contributed by atoms with Gasteiger partial charge in [-0.25, -0.2) is 0 Å². The molecule has 1 heterocycles. The van der Waals surface area contributed by atoms with Gasteiger partial charge in [-0.05, 0) is 44.5 Å². The Morgan fingerprint density at radius 2 is 2.37 bits per heavy atom. The molecule has 1 unspecified atom stereocenters. The molecular weight excluding hydrogens is 242 g/mol. The monoisotopic (exact) mass is 263 g/mol. The van der Waals surface area contributed by atoms with Gasteiger partial charge in [-0.15, -0.1) is 0 Å². The highest BCUT2D eigenvalue weighted by Gasteiger charge is 2.29. The van der Waals surface area contributed by atoms with Crippen molar-refractivity contribution in [1.82, 2.24) is 4.90 Å². The van der Waals surface area contributed by atoms with Crippen LogP contribution < -0.4 is 11.1 Å². The van der Waals surface area contributed by atoms with Gasteiger partial charge in [0.05, 0.1) is 12.1 Å². The largest absolute Gasteiger partial charge is 0.399 e. The summed E-state index contributed by atoms with van der Waals surface area (Å²) in [4.78, 5) is 13.9. The van der Waals surface area contributed by atoms with Crippen LogP contribution in [-0.4, -0.2) is 41.1 Å². The Kier molecular flexibility index (Phi) is 4.07. The third kappa shape index (κ3) is 4.22. The maximum absolute atomic E-state index is 11.9. The lowest BCUT2D eigenvalue weighted by Gasteiger charge is -2.36. The van der Waals surface area contributed by atoms with Crippen LogP contribution in [0.2, 0.25) is 0 Å². The van der Waals surface area contributed by atoms with Crippen LogP contribution in [0.15, 0.2) is 24.3 Å². The van der Waals surface area contributed by atoms with E-state index in [2.05, 4.69) is 5.32 Å². The van der Waals surface area contributed by atoms with Crippen LogP contribution in [-0.2, 0) is 4.79 Å². The van der Waals surface area contributed by atoms with E-state index in [0.29, 0.717) is 24.5 Å². The number of aliphatic hydroxyl groups is 1. The topological polar surface area (TPSA) is 78.6 Å². The lowest BCUT2D eigenvalue weighted by molar-refractivity contribution is -0.118. The fourth-order valence-corrected chi connectivity index (χ4v) is 2.48. The van der Waals surface area contributed by atoms with E-state index >= 15 is 0 Å². The summed E-state index contributed by atoms with van der Waals surface area (Å²) in [7, 11) is 0. The number of hydrogen-bond donors (Lipinski definition) is 3. The van der Waals surface area contributed by atoms with Crippen LogP contribution in [0.3, 0.4) is 0 Å². The number of benzene rings is 1. The molecule has 19 heavy (non-hydrogen) atoms. The maximum Gasteiger partial charge on any atom is 0.238 e. The molecule has 0 aromatic heterocycles. The molecule has 1 aliphatic heterocycles. The molecule has 4 N–H and O–H groups in total. The molecule has 5 heteroatoms. The molecule has 1 atom stereocenters. The van der Waals surface area contributed by atoms with Crippen LogP contribution >= 0.6 is 0 Å². The number of carbonyl (C=O) groups is 1. The summed E-state index contributed by atoms with van der Waals surface area (Å²) in [5, 5.41) is 12.8. The van der Waals surface area contributed by atoms with Gasteiger partial charge >= 0.3 is 0 Å². The normalized spacial score (nSPS) is 24.1. The van der Waals surface area contributed by atoms with Gasteiger partial charge in [0.25, 0.3) is 0 Å². The SMILES string of the molecule is CC1(O)CCCN(CC(=O)Nc2cccc(N)c2)C1. The molecule has 0 saturated carbocycles. The van der Waals surface area contributed by atoms with Crippen LogP contribution in [0.25, 0.3) is 0 Å². The van der Waals surface area contributed by atoms with E-state index in [0.717, 1.165) is 19.4 Å². The average molecular weight is 263 g/mol. The number of piperidine rings is 1. The molecule has 0 spiro atoms. The van der Waals surface area contributed by atoms with E-state index in [1.807, 2.05) is 11.8 Å². The highest BCUT2D eigenvalue weighted by Crippen LogP contribution is 2.20. The van der Waals surface area contributed by atoms with E-state index < -0.39 is 5.60 Å². The zero-order valence-electron chi connectivity index (χ0n) is 11.2. The molecular formula is C14H21N3O2. The minimum absolute atomic E-state index is 0.0803. The molecule has 1 amide bonds. The molecule has 5 nitrogen and oxygen atoms in total. The Morgan fingerprint density at radius 1 is 1.58 bits per heavy atom. The number of β-amino-alcohol motifs (C(OH)–C–C–N with tert-alkyl or cyclic N) is 1. The summed E-state index contributed by atoms with van der Waals surface area (Å²) in [6, 6.07) is 7.11. The van der Waals surface area contributed by atoms with Gasteiger partial charge in [0.1, 0.15) is 0 Å². The van der Waals surface area contributed by atoms with Crippen molar-refractivity contribution in [2.75, 3.05) is 30.7 Å². The number of nitrogens with one attached hydrogen (secondary N) is 1. The van der Waals surface area contributed by atoms with Crippen molar-refractivity contribution < 1.29 is 9.90 Å². The molecule has 0 radical (unpaired) electrons. The zero-order valence-corrected chi connectivity index (χ0v) is 11.2. The predicted octanol–water partition coefficient (Wildman–Crippen LogP) is 1.05. The lowest BCUT2D eigenvalue weighted by Crippen LogP contribution is -2.48. The lowest BCUT2D eigenvalue weighted by atomic mass is 9.95. The summed E-state index contributed by atoms with van der Waals surface area (Å²) < 4.78 is 0. The first-order chi connectivity index (χ1) is 8.94. The minimum Gasteiger partial charge on any atom is -0.399 e. The molecule has 0 aliphatic carbocycles. The van der Waals surface area contributed by atoms with Crippen molar-refractivity contribution >= 4 is 17.3 Å². The van der Waals surface area contributed by atoms with Gasteiger partial charge in [-0.1, -0.05) is 6.07 Å². The molecule has 1 aliphatic rings. The predicted molar refractivity (Wildman–Crippen MR) is 75.8 cm³/mol. The van der Waals surface area contributed by atoms with Gasteiger partial charge in [0, 0.05) is 17.9 Å². The highest BCUT2D eigenvalue weighted by atomic mass is 16.3. The van der Waals surface area contributed by atoms with Crippen molar-refractivity contribution in [3.8, 4) is 0 Å². The number of likely N-dealkylation sites (tertiary alicyclic amines) is 1. The van der Waals surface area contributed by atoms with Crippen LogP contribution in [0.5, 0.6) is 0 Å². The average Bonchev–Trinajstić information content (AvgIpc) is 2.27. The first kappa shape index (κ1) is 13.8. The number of amides is 1.